The third-order valence-electron chi connectivity index (χ3n) is 1.64. The Bertz CT molecular complexity index is 97.9. The highest BCUT2D eigenvalue weighted by Gasteiger charge is 2.24. The molecule has 0 aromatic heterocycles. The summed E-state index contributed by atoms with van der Waals surface area (Å²) in [7, 11) is 3.39. The topological polar surface area (TPSA) is 27.7 Å². The summed E-state index contributed by atoms with van der Waals surface area (Å²) in [5.74, 6) is 0. The van der Waals surface area contributed by atoms with Gasteiger partial charge in [-0.15, -0.1) is 0 Å². The molecule has 0 unspecified atom stereocenters. The van der Waals surface area contributed by atoms with Crippen LogP contribution in [-0.4, -0.2) is 40.6 Å². The highest BCUT2D eigenvalue weighted by Crippen LogP contribution is 2.17. The molecule has 0 spiro atoms. The van der Waals surface area contributed by atoms with Crippen molar-refractivity contribution >= 4 is 0 Å². The number of rotatable bonds is 7. The van der Waals surface area contributed by atoms with E-state index >= 15 is 0 Å². The van der Waals surface area contributed by atoms with Crippen molar-refractivity contribution in [3.63, 3.8) is 0 Å². The molecule has 3 nitrogen and oxygen atoms in total. The fraction of sp³-hybridized carbons (Fsp3) is 1.00. The Kier molecular flexibility index (Phi) is 6.34. The van der Waals surface area contributed by atoms with Gasteiger partial charge in [-0.2, -0.15) is 0 Å². The number of ether oxygens (including phenoxy) is 3. The molecule has 0 aliphatic heterocycles. The van der Waals surface area contributed by atoms with Crippen molar-refractivity contribution in [1.82, 2.24) is 0 Å². The van der Waals surface area contributed by atoms with Gasteiger partial charge in [0, 0.05) is 26.2 Å². The summed E-state index contributed by atoms with van der Waals surface area (Å²) in [5.41, 5.74) is -0.0144. The van der Waals surface area contributed by atoms with Gasteiger partial charge >= 0.3 is 0 Å². The van der Waals surface area contributed by atoms with Gasteiger partial charge in [0.2, 0.25) is 0 Å². The van der Waals surface area contributed by atoms with Crippen LogP contribution in [-0.2, 0) is 14.2 Å². The molecule has 0 saturated carbocycles. The van der Waals surface area contributed by atoms with E-state index in [1.54, 1.807) is 14.2 Å². The average molecular weight is 176 g/mol. The van der Waals surface area contributed by atoms with Gasteiger partial charge in [-0.3, -0.25) is 0 Å². The van der Waals surface area contributed by atoms with Crippen molar-refractivity contribution in [2.24, 2.45) is 5.41 Å². The normalized spacial score (nSPS) is 12.0. The van der Waals surface area contributed by atoms with Crippen LogP contribution in [0.4, 0.5) is 0 Å². The molecule has 0 fully saturated rings. The number of hydrogen-bond acceptors (Lipinski definition) is 3. The molecule has 0 radical (unpaired) electrons. The predicted octanol–water partition coefficient (Wildman–Crippen LogP) is 1.32. The SMILES string of the molecule is CCOCC(C)(COC)COC. The van der Waals surface area contributed by atoms with Crippen LogP contribution in [0, 0.1) is 5.41 Å². The molecule has 0 bridgehead atoms. The van der Waals surface area contributed by atoms with Gasteiger partial charge in [0.1, 0.15) is 0 Å². The molecule has 0 heterocycles. The van der Waals surface area contributed by atoms with E-state index in [0.29, 0.717) is 19.8 Å². The second-order valence-electron chi connectivity index (χ2n) is 3.31. The summed E-state index contributed by atoms with van der Waals surface area (Å²) in [6.45, 7) is 6.84. The van der Waals surface area contributed by atoms with Crippen molar-refractivity contribution in [2.45, 2.75) is 13.8 Å². The minimum Gasteiger partial charge on any atom is -0.384 e. The van der Waals surface area contributed by atoms with Gasteiger partial charge in [-0.1, -0.05) is 6.92 Å². The third-order valence-corrected chi connectivity index (χ3v) is 1.64. The van der Waals surface area contributed by atoms with Crippen molar-refractivity contribution in [3.05, 3.63) is 0 Å². The molecule has 0 amide bonds. The smallest absolute Gasteiger partial charge is 0.0563 e. The summed E-state index contributed by atoms with van der Waals surface area (Å²) in [4.78, 5) is 0. The monoisotopic (exact) mass is 176 g/mol. The van der Waals surface area contributed by atoms with Crippen LogP contribution >= 0.6 is 0 Å². The van der Waals surface area contributed by atoms with Gasteiger partial charge in [-0.05, 0) is 6.92 Å². The van der Waals surface area contributed by atoms with Crippen molar-refractivity contribution in [1.29, 1.82) is 0 Å². The van der Waals surface area contributed by atoms with E-state index in [-0.39, 0.29) is 5.41 Å². The van der Waals surface area contributed by atoms with E-state index in [1.807, 2.05) is 6.92 Å². The van der Waals surface area contributed by atoms with Crippen molar-refractivity contribution < 1.29 is 14.2 Å². The third kappa shape index (κ3) is 4.70. The van der Waals surface area contributed by atoms with E-state index in [9.17, 15) is 0 Å². The Morgan fingerprint density at radius 3 is 1.83 bits per heavy atom. The summed E-state index contributed by atoms with van der Waals surface area (Å²) in [6, 6.07) is 0. The van der Waals surface area contributed by atoms with Crippen LogP contribution in [0.2, 0.25) is 0 Å². The van der Waals surface area contributed by atoms with Gasteiger partial charge in [0.25, 0.3) is 0 Å². The second-order valence-corrected chi connectivity index (χ2v) is 3.31. The predicted molar refractivity (Wildman–Crippen MR) is 48.4 cm³/mol. The fourth-order valence-electron chi connectivity index (χ4n) is 1.17. The van der Waals surface area contributed by atoms with Gasteiger partial charge in [0.15, 0.2) is 0 Å². The van der Waals surface area contributed by atoms with Gasteiger partial charge in [-0.25, -0.2) is 0 Å². The lowest BCUT2D eigenvalue weighted by atomic mass is 9.94. The number of hydrogen-bond donors (Lipinski definition) is 0. The first-order valence-electron chi connectivity index (χ1n) is 4.24. The first-order valence-corrected chi connectivity index (χ1v) is 4.24. The van der Waals surface area contributed by atoms with Crippen LogP contribution in [0.5, 0.6) is 0 Å². The van der Waals surface area contributed by atoms with Crippen LogP contribution < -0.4 is 0 Å². The molecule has 0 aliphatic carbocycles. The molecule has 0 aromatic rings. The molecular weight excluding hydrogens is 156 g/mol. The Hall–Kier alpha value is -0.120. The van der Waals surface area contributed by atoms with Crippen LogP contribution in [0.3, 0.4) is 0 Å². The molecule has 0 rings (SSSR count). The van der Waals surface area contributed by atoms with Gasteiger partial charge < -0.3 is 14.2 Å². The average Bonchev–Trinajstić information content (AvgIpc) is 2.02. The zero-order chi connectivity index (χ0) is 9.45. The lowest BCUT2D eigenvalue weighted by Crippen LogP contribution is -2.33. The first-order chi connectivity index (χ1) is 5.68. The minimum absolute atomic E-state index is 0.0144. The maximum Gasteiger partial charge on any atom is 0.0563 e. The van der Waals surface area contributed by atoms with E-state index < -0.39 is 0 Å². The van der Waals surface area contributed by atoms with E-state index in [4.69, 9.17) is 14.2 Å². The van der Waals surface area contributed by atoms with E-state index in [1.165, 1.54) is 0 Å². The Balaban J connectivity index is 3.80. The molecular formula is C9H20O3. The summed E-state index contributed by atoms with van der Waals surface area (Å²) in [6.07, 6.45) is 0. The van der Waals surface area contributed by atoms with E-state index in [0.717, 1.165) is 6.61 Å². The fourth-order valence-corrected chi connectivity index (χ4v) is 1.17. The van der Waals surface area contributed by atoms with E-state index in [2.05, 4.69) is 6.92 Å². The van der Waals surface area contributed by atoms with Crippen molar-refractivity contribution in [3.8, 4) is 0 Å². The highest BCUT2D eigenvalue weighted by atomic mass is 16.5. The zero-order valence-electron chi connectivity index (χ0n) is 8.55. The number of methoxy groups -OCH3 is 2. The first kappa shape index (κ1) is 11.9. The molecule has 74 valence electrons. The molecule has 0 aromatic carbocycles. The van der Waals surface area contributed by atoms with Gasteiger partial charge in [0.05, 0.1) is 19.8 Å². The molecule has 0 N–H and O–H groups in total. The summed E-state index contributed by atoms with van der Waals surface area (Å²) < 4.78 is 15.5. The second kappa shape index (κ2) is 6.40. The Labute approximate surface area is 75.0 Å². The standard InChI is InChI=1S/C9H20O3/c1-5-12-8-9(2,6-10-3)7-11-4/h5-8H2,1-4H3. The summed E-state index contributed by atoms with van der Waals surface area (Å²) in [5, 5.41) is 0. The van der Waals surface area contributed by atoms with Crippen molar-refractivity contribution in [2.75, 3.05) is 40.6 Å². The lowest BCUT2D eigenvalue weighted by molar-refractivity contribution is -0.0368. The summed E-state index contributed by atoms with van der Waals surface area (Å²) >= 11 is 0. The Morgan fingerprint density at radius 2 is 1.50 bits per heavy atom. The lowest BCUT2D eigenvalue weighted by Gasteiger charge is -2.27. The maximum absolute atomic E-state index is 5.34. The zero-order valence-corrected chi connectivity index (χ0v) is 8.55. The molecule has 12 heavy (non-hydrogen) atoms. The molecule has 0 saturated heterocycles. The Morgan fingerprint density at radius 1 is 1.00 bits per heavy atom. The molecule has 0 aliphatic rings. The maximum atomic E-state index is 5.34. The minimum atomic E-state index is -0.0144. The highest BCUT2D eigenvalue weighted by molar-refractivity contribution is 4.72. The largest absolute Gasteiger partial charge is 0.384 e. The molecule has 3 heteroatoms. The van der Waals surface area contributed by atoms with Crippen LogP contribution in [0.15, 0.2) is 0 Å². The van der Waals surface area contributed by atoms with Crippen LogP contribution in [0.1, 0.15) is 13.8 Å². The quantitative estimate of drug-likeness (QED) is 0.585. The van der Waals surface area contributed by atoms with Crippen LogP contribution in [0.25, 0.3) is 0 Å². The molecule has 0 atom stereocenters.